The molecule has 1 fully saturated rings. The minimum atomic E-state index is -0.769. The first-order chi connectivity index (χ1) is 14.4. The Balaban J connectivity index is 1.50. The zero-order valence-corrected chi connectivity index (χ0v) is 16.1. The van der Waals surface area contributed by atoms with Crippen LogP contribution in [0, 0.1) is 11.6 Å². The molecule has 0 aliphatic carbocycles. The highest BCUT2D eigenvalue weighted by molar-refractivity contribution is 5.91. The lowest BCUT2D eigenvalue weighted by Gasteiger charge is -2.35. The highest BCUT2D eigenvalue weighted by atomic mass is 19.1. The van der Waals surface area contributed by atoms with Gasteiger partial charge in [0.05, 0.1) is 30.9 Å². The van der Waals surface area contributed by atoms with E-state index < -0.39 is 35.9 Å². The molecule has 30 heavy (non-hydrogen) atoms. The molecule has 0 aromatic heterocycles. The number of halogens is 2. The zero-order chi connectivity index (χ0) is 21.5. The molecular weight excluding hydrogens is 396 g/mol. The number of para-hydroxylation sites is 1. The van der Waals surface area contributed by atoms with Crippen LogP contribution >= 0.6 is 0 Å². The topological polar surface area (TPSA) is 99.7 Å². The first-order valence-electron chi connectivity index (χ1n) is 9.58. The van der Waals surface area contributed by atoms with Crippen molar-refractivity contribution >= 4 is 23.3 Å². The number of rotatable bonds is 6. The summed E-state index contributed by atoms with van der Waals surface area (Å²) in [6, 6.07) is 10.5. The third-order valence-corrected chi connectivity index (χ3v) is 4.76. The maximum Gasteiger partial charge on any atom is 0.319 e. The van der Waals surface area contributed by atoms with Crippen LogP contribution in [0.25, 0.3) is 0 Å². The summed E-state index contributed by atoms with van der Waals surface area (Å²) in [5.74, 6) is -1.67. The van der Waals surface area contributed by atoms with E-state index in [4.69, 9.17) is 4.74 Å². The molecule has 2 aromatic rings. The second-order valence-corrected chi connectivity index (χ2v) is 7.00. The third-order valence-electron chi connectivity index (χ3n) is 4.76. The molecule has 0 saturated carbocycles. The SMILES string of the molecule is O=C(C[C@H]1CC[C@H](NC(=O)Nc2cc(F)ccc2F)[C@@H](CO)O1)Nc1ccccc1. The molecule has 160 valence electrons. The number of urea groups is 1. The first kappa shape index (κ1) is 21.7. The molecule has 2 aromatic carbocycles. The predicted octanol–water partition coefficient (Wildman–Crippen LogP) is 3.02. The standard InChI is InChI=1S/C21H23F2N3O4/c22-13-6-8-16(23)18(10-13)26-21(29)25-17-9-7-15(30-19(17)12-27)11-20(28)24-14-4-2-1-3-5-14/h1-6,8,10,15,17,19,27H,7,9,11-12H2,(H,24,28)(H2,25,26,29)/t15-,17+,19-/m1/s1. The molecule has 9 heteroatoms. The predicted molar refractivity (Wildman–Crippen MR) is 107 cm³/mol. The maximum absolute atomic E-state index is 13.7. The van der Waals surface area contributed by atoms with Crippen molar-refractivity contribution in [2.24, 2.45) is 0 Å². The van der Waals surface area contributed by atoms with Crippen molar-refractivity contribution < 1.29 is 28.2 Å². The minimum absolute atomic E-state index is 0.110. The third kappa shape index (κ3) is 5.98. The van der Waals surface area contributed by atoms with E-state index in [1.807, 2.05) is 18.2 Å². The number of nitrogens with one attached hydrogen (secondary N) is 3. The van der Waals surface area contributed by atoms with Crippen LogP contribution in [0.3, 0.4) is 0 Å². The molecule has 0 spiro atoms. The number of amides is 3. The number of hydrogen-bond acceptors (Lipinski definition) is 4. The maximum atomic E-state index is 13.7. The number of ether oxygens (including phenoxy) is 1. The Kier molecular flexibility index (Phi) is 7.31. The van der Waals surface area contributed by atoms with Gasteiger partial charge in [0, 0.05) is 11.8 Å². The zero-order valence-electron chi connectivity index (χ0n) is 16.1. The number of carbonyl (C=O) groups is 2. The van der Waals surface area contributed by atoms with Gasteiger partial charge < -0.3 is 25.8 Å². The number of carbonyl (C=O) groups excluding carboxylic acids is 2. The van der Waals surface area contributed by atoms with Crippen molar-refractivity contribution in [3.8, 4) is 0 Å². The average molecular weight is 419 g/mol. The average Bonchev–Trinajstić information content (AvgIpc) is 2.72. The van der Waals surface area contributed by atoms with Crippen LogP contribution in [0.15, 0.2) is 48.5 Å². The van der Waals surface area contributed by atoms with Gasteiger partial charge in [0.2, 0.25) is 5.91 Å². The van der Waals surface area contributed by atoms with Crippen LogP contribution in [-0.4, -0.2) is 41.9 Å². The fourth-order valence-electron chi connectivity index (χ4n) is 3.31. The fourth-order valence-corrected chi connectivity index (χ4v) is 3.31. The van der Waals surface area contributed by atoms with E-state index in [1.165, 1.54) is 0 Å². The lowest BCUT2D eigenvalue weighted by molar-refractivity contribution is -0.126. The van der Waals surface area contributed by atoms with Crippen molar-refractivity contribution in [1.82, 2.24) is 5.32 Å². The Morgan fingerprint density at radius 3 is 2.57 bits per heavy atom. The lowest BCUT2D eigenvalue weighted by Crippen LogP contribution is -2.52. The van der Waals surface area contributed by atoms with E-state index in [0.717, 1.165) is 18.2 Å². The number of benzene rings is 2. The molecule has 1 heterocycles. The highest BCUT2D eigenvalue weighted by Crippen LogP contribution is 2.23. The van der Waals surface area contributed by atoms with Crippen LogP contribution in [-0.2, 0) is 9.53 Å². The largest absolute Gasteiger partial charge is 0.394 e. The summed E-state index contributed by atoms with van der Waals surface area (Å²) in [5, 5.41) is 17.3. The van der Waals surface area contributed by atoms with E-state index in [-0.39, 0.29) is 24.6 Å². The Morgan fingerprint density at radius 1 is 1.07 bits per heavy atom. The van der Waals surface area contributed by atoms with Gasteiger partial charge in [0.25, 0.3) is 0 Å². The quantitative estimate of drug-likeness (QED) is 0.578. The lowest BCUT2D eigenvalue weighted by atomic mass is 9.97. The molecule has 7 nitrogen and oxygen atoms in total. The van der Waals surface area contributed by atoms with Crippen LogP contribution in [0.4, 0.5) is 25.0 Å². The van der Waals surface area contributed by atoms with Crippen molar-refractivity contribution in [3.05, 3.63) is 60.2 Å². The normalized spacial score (nSPS) is 21.0. The summed E-state index contributed by atoms with van der Waals surface area (Å²) in [7, 11) is 0. The van der Waals surface area contributed by atoms with Crippen LogP contribution in [0.2, 0.25) is 0 Å². The Hall–Kier alpha value is -3.04. The second-order valence-electron chi connectivity index (χ2n) is 7.00. The van der Waals surface area contributed by atoms with Gasteiger partial charge in [-0.15, -0.1) is 0 Å². The summed E-state index contributed by atoms with van der Waals surface area (Å²) in [6.45, 7) is -0.365. The van der Waals surface area contributed by atoms with Crippen LogP contribution < -0.4 is 16.0 Å². The number of aliphatic hydroxyl groups is 1. The molecule has 0 unspecified atom stereocenters. The van der Waals surface area contributed by atoms with Crippen molar-refractivity contribution in [3.63, 3.8) is 0 Å². The highest BCUT2D eigenvalue weighted by Gasteiger charge is 2.33. The Morgan fingerprint density at radius 2 is 1.83 bits per heavy atom. The molecule has 1 aliphatic rings. The molecule has 4 N–H and O–H groups in total. The van der Waals surface area contributed by atoms with Gasteiger partial charge in [-0.25, -0.2) is 13.6 Å². The van der Waals surface area contributed by atoms with Gasteiger partial charge in [0.1, 0.15) is 17.7 Å². The molecule has 3 rings (SSSR count). The molecule has 0 bridgehead atoms. The van der Waals surface area contributed by atoms with Gasteiger partial charge >= 0.3 is 6.03 Å². The molecule has 3 amide bonds. The van der Waals surface area contributed by atoms with Crippen LogP contribution in [0.5, 0.6) is 0 Å². The minimum Gasteiger partial charge on any atom is -0.394 e. The van der Waals surface area contributed by atoms with E-state index in [2.05, 4.69) is 16.0 Å². The summed E-state index contributed by atoms with van der Waals surface area (Å²) in [6.07, 6.45) is -0.0892. The first-order valence-corrected chi connectivity index (χ1v) is 9.58. The van der Waals surface area contributed by atoms with E-state index in [0.29, 0.717) is 18.5 Å². The molecule has 0 radical (unpaired) electrons. The second kappa shape index (κ2) is 10.1. The van der Waals surface area contributed by atoms with Crippen LogP contribution in [0.1, 0.15) is 19.3 Å². The Labute approximate surface area is 172 Å². The van der Waals surface area contributed by atoms with E-state index in [1.54, 1.807) is 12.1 Å². The van der Waals surface area contributed by atoms with Crippen molar-refractivity contribution in [2.45, 2.75) is 37.5 Å². The molecule has 3 atom stereocenters. The van der Waals surface area contributed by atoms with Crippen molar-refractivity contribution in [2.75, 3.05) is 17.2 Å². The van der Waals surface area contributed by atoms with E-state index >= 15 is 0 Å². The monoisotopic (exact) mass is 419 g/mol. The van der Waals surface area contributed by atoms with Crippen molar-refractivity contribution in [1.29, 1.82) is 0 Å². The molecular formula is C21H23F2N3O4. The van der Waals surface area contributed by atoms with E-state index in [9.17, 15) is 23.5 Å². The summed E-state index contributed by atoms with van der Waals surface area (Å²) < 4.78 is 32.7. The number of aliphatic hydroxyl groups excluding tert-OH is 1. The number of anilines is 2. The van der Waals surface area contributed by atoms with Gasteiger partial charge in [-0.2, -0.15) is 0 Å². The molecule has 1 aliphatic heterocycles. The summed E-state index contributed by atoms with van der Waals surface area (Å²) in [4.78, 5) is 24.4. The number of hydrogen-bond donors (Lipinski definition) is 4. The van der Waals surface area contributed by atoms with Gasteiger partial charge in [0.15, 0.2) is 0 Å². The van der Waals surface area contributed by atoms with Gasteiger partial charge in [-0.3, -0.25) is 4.79 Å². The smallest absolute Gasteiger partial charge is 0.319 e. The fraction of sp³-hybridized carbons (Fsp3) is 0.333. The summed E-state index contributed by atoms with van der Waals surface area (Å²) >= 11 is 0. The van der Waals surface area contributed by atoms with Gasteiger partial charge in [-0.1, -0.05) is 18.2 Å². The molecule has 1 saturated heterocycles. The Bertz CT molecular complexity index is 882. The van der Waals surface area contributed by atoms with Gasteiger partial charge in [-0.05, 0) is 37.1 Å². The summed E-state index contributed by atoms with van der Waals surface area (Å²) in [5.41, 5.74) is 0.387.